The van der Waals surface area contributed by atoms with E-state index in [9.17, 15) is 0 Å². The van der Waals surface area contributed by atoms with Crippen LogP contribution in [-0.2, 0) is 0 Å². The highest BCUT2D eigenvalue weighted by atomic mass is 32.2. The number of benzene rings is 2. The maximum absolute atomic E-state index is 5.27. The lowest BCUT2D eigenvalue weighted by Crippen LogP contribution is -1.89. The van der Waals surface area contributed by atoms with Crippen LogP contribution in [0, 0.1) is 0 Å². The maximum Gasteiger partial charge on any atom is 0.221 e. The zero-order valence-electron chi connectivity index (χ0n) is 15.8. The Hall–Kier alpha value is -3.64. The first kappa shape index (κ1) is 17.5. The van der Waals surface area contributed by atoms with Crippen molar-refractivity contribution in [3.05, 3.63) is 91.0 Å². The molecule has 2 aromatic carbocycles. The van der Waals surface area contributed by atoms with Crippen LogP contribution in [0.25, 0.3) is 32.5 Å². The summed E-state index contributed by atoms with van der Waals surface area (Å²) in [5.41, 5.74) is 3.18. The maximum atomic E-state index is 5.27. The molecule has 142 valence electrons. The molecule has 29 heavy (non-hydrogen) atoms. The summed E-state index contributed by atoms with van der Waals surface area (Å²) in [6, 6.07) is 20.8. The van der Waals surface area contributed by atoms with Crippen molar-refractivity contribution < 1.29 is 4.74 Å². The van der Waals surface area contributed by atoms with E-state index in [-0.39, 0.29) is 10.5 Å². The van der Waals surface area contributed by atoms with E-state index >= 15 is 0 Å². The van der Waals surface area contributed by atoms with Crippen LogP contribution in [0.4, 0.5) is 0 Å². The lowest BCUT2D eigenvalue weighted by Gasteiger charge is -2.03. The summed E-state index contributed by atoms with van der Waals surface area (Å²) in [6.45, 7) is 0. The second-order valence-electron chi connectivity index (χ2n) is 6.54. The van der Waals surface area contributed by atoms with E-state index in [2.05, 4.69) is 68.9 Å². The van der Waals surface area contributed by atoms with Crippen molar-refractivity contribution in [1.29, 1.82) is 0 Å². The standard InChI is InChI=1S/C23H19N4OS/c1-28-19-8-10-20(11-9-19)29-14-2-3-22(29)23-25-15-21(26-23)17-4-6-18(7-5-17)27-13-12-24-16-27/h2-16H,1H3,(H,25,26)/q+1. The van der Waals surface area contributed by atoms with Gasteiger partial charge in [-0.2, -0.15) is 0 Å². The van der Waals surface area contributed by atoms with Crippen LogP contribution >= 0.6 is 10.5 Å². The van der Waals surface area contributed by atoms with Crippen molar-refractivity contribution >= 4 is 10.5 Å². The van der Waals surface area contributed by atoms with Crippen molar-refractivity contribution in [2.45, 2.75) is 0 Å². The van der Waals surface area contributed by atoms with Crippen LogP contribution < -0.4 is 4.74 Å². The predicted molar refractivity (Wildman–Crippen MR) is 117 cm³/mol. The van der Waals surface area contributed by atoms with E-state index in [0.717, 1.165) is 28.5 Å². The first-order chi connectivity index (χ1) is 14.3. The average Bonchev–Trinajstić information content (AvgIpc) is 3.55. The lowest BCUT2D eigenvalue weighted by molar-refractivity contribution is 0.415. The molecule has 3 heterocycles. The minimum atomic E-state index is -0.136. The number of methoxy groups -OCH3 is 1. The van der Waals surface area contributed by atoms with Gasteiger partial charge in [0.25, 0.3) is 0 Å². The van der Waals surface area contributed by atoms with Crippen LogP contribution in [0.1, 0.15) is 0 Å². The summed E-state index contributed by atoms with van der Waals surface area (Å²) in [6.07, 6.45) is 7.40. The molecule has 1 unspecified atom stereocenters. The number of aromatic amines is 1. The van der Waals surface area contributed by atoms with Gasteiger partial charge in [-0.05, 0) is 35.9 Å². The van der Waals surface area contributed by atoms with E-state index in [4.69, 9.17) is 4.74 Å². The Morgan fingerprint density at radius 3 is 2.55 bits per heavy atom. The molecule has 5 rings (SSSR count). The second-order valence-corrected chi connectivity index (χ2v) is 8.39. The lowest BCUT2D eigenvalue weighted by atomic mass is 10.1. The highest BCUT2D eigenvalue weighted by Crippen LogP contribution is 2.41. The fraction of sp³-hybridized carbons (Fsp3) is 0.0435. The SMILES string of the molecule is COc1ccc(-[s+]2cccc2-c2ncc(-c3ccc(-n4ccnc4)cc3)[nH]2)cc1. The van der Waals surface area contributed by atoms with Crippen molar-refractivity contribution in [3.8, 4) is 38.3 Å². The second kappa shape index (κ2) is 7.41. The van der Waals surface area contributed by atoms with Crippen molar-refractivity contribution in [2.24, 2.45) is 0 Å². The summed E-state index contributed by atoms with van der Waals surface area (Å²) in [4.78, 5) is 14.7. The van der Waals surface area contributed by atoms with E-state index in [1.165, 1.54) is 9.77 Å². The summed E-state index contributed by atoms with van der Waals surface area (Å²) < 4.78 is 7.26. The van der Waals surface area contributed by atoms with Gasteiger partial charge in [0.1, 0.15) is 11.1 Å². The smallest absolute Gasteiger partial charge is 0.221 e. The summed E-state index contributed by atoms with van der Waals surface area (Å²) >= 11 is 0. The normalized spacial score (nSPS) is 11.6. The zero-order chi connectivity index (χ0) is 19.6. The Balaban J connectivity index is 1.44. The van der Waals surface area contributed by atoms with Gasteiger partial charge in [-0.15, -0.1) is 0 Å². The third-order valence-corrected chi connectivity index (χ3v) is 6.82. The fourth-order valence-electron chi connectivity index (χ4n) is 3.28. The average molecular weight is 399 g/mol. The van der Waals surface area contributed by atoms with Crippen LogP contribution in [-0.4, -0.2) is 26.6 Å². The molecule has 5 nitrogen and oxygen atoms in total. The largest absolute Gasteiger partial charge is 0.497 e. The first-order valence-corrected chi connectivity index (χ1v) is 10.5. The molecule has 0 saturated heterocycles. The molecule has 5 aromatic rings. The van der Waals surface area contributed by atoms with Gasteiger partial charge in [-0.3, -0.25) is 0 Å². The number of H-pyrrole nitrogens is 1. The molecule has 0 aliphatic rings. The number of rotatable bonds is 5. The molecule has 0 aliphatic carbocycles. The Morgan fingerprint density at radius 2 is 1.83 bits per heavy atom. The number of aromatic nitrogens is 4. The molecule has 0 fully saturated rings. The molecule has 6 heteroatoms. The van der Waals surface area contributed by atoms with Gasteiger partial charge in [0.15, 0.2) is 10.7 Å². The highest BCUT2D eigenvalue weighted by molar-refractivity contribution is 7.41. The van der Waals surface area contributed by atoms with Gasteiger partial charge < -0.3 is 14.3 Å². The number of nitrogens with one attached hydrogen (secondary N) is 1. The monoisotopic (exact) mass is 399 g/mol. The molecule has 1 N–H and O–H groups in total. The van der Waals surface area contributed by atoms with Crippen LogP contribution in [0.2, 0.25) is 0 Å². The van der Waals surface area contributed by atoms with E-state index in [1.807, 2.05) is 29.1 Å². The molecule has 0 amide bonds. The Kier molecular flexibility index (Phi) is 4.46. The summed E-state index contributed by atoms with van der Waals surface area (Å²) in [5.74, 6) is 1.77. The number of hydrogen-bond donors (Lipinski definition) is 1. The zero-order valence-corrected chi connectivity index (χ0v) is 16.6. The van der Waals surface area contributed by atoms with Crippen LogP contribution in [0.15, 0.2) is 91.0 Å². The molecular formula is C23H19N4OS+. The number of ether oxygens (including phenoxy) is 1. The molecular weight excluding hydrogens is 380 g/mol. The highest BCUT2D eigenvalue weighted by Gasteiger charge is 2.21. The van der Waals surface area contributed by atoms with E-state index < -0.39 is 0 Å². The molecule has 0 aliphatic heterocycles. The third kappa shape index (κ3) is 3.34. The topological polar surface area (TPSA) is 55.7 Å². The van der Waals surface area contributed by atoms with Crippen LogP contribution in [0.3, 0.4) is 0 Å². The van der Waals surface area contributed by atoms with Crippen LogP contribution in [0.5, 0.6) is 5.75 Å². The summed E-state index contributed by atoms with van der Waals surface area (Å²) in [5, 5.41) is 2.22. The predicted octanol–water partition coefficient (Wildman–Crippen LogP) is 5.68. The third-order valence-electron chi connectivity index (χ3n) is 4.80. The number of hydrogen-bond acceptors (Lipinski definition) is 3. The number of thiophene rings is 1. The van der Waals surface area contributed by atoms with Gasteiger partial charge in [0.2, 0.25) is 4.88 Å². The van der Waals surface area contributed by atoms with Gasteiger partial charge in [-0.1, -0.05) is 12.1 Å². The van der Waals surface area contributed by atoms with Gasteiger partial charge in [0, 0.05) is 46.8 Å². The Morgan fingerprint density at radius 1 is 1.00 bits per heavy atom. The molecule has 0 radical (unpaired) electrons. The minimum Gasteiger partial charge on any atom is -0.497 e. The van der Waals surface area contributed by atoms with E-state index in [0.29, 0.717) is 0 Å². The molecule has 0 bridgehead atoms. The minimum absolute atomic E-state index is 0.136. The van der Waals surface area contributed by atoms with Crippen molar-refractivity contribution in [3.63, 3.8) is 0 Å². The number of imidazole rings is 2. The quantitative estimate of drug-likeness (QED) is 0.387. The van der Waals surface area contributed by atoms with E-state index in [1.54, 1.807) is 19.6 Å². The summed E-state index contributed by atoms with van der Waals surface area (Å²) in [7, 11) is 1.55. The molecule has 0 spiro atoms. The van der Waals surface area contributed by atoms with Gasteiger partial charge in [0.05, 0.1) is 25.3 Å². The first-order valence-electron chi connectivity index (χ1n) is 9.21. The van der Waals surface area contributed by atoms with Gasteiger partial charge in [-0.25, -0.2) is 9.97 Å². The molecule has 1 atom stereocenters. The molecule has 0 saturated carbocycles. The van der Waals surface area contributed by atoms with Gasteiger partial charge >= 0.3 is 0 Å². The Bertz CT molecular complexity index is 1220. The fourth-order valence-corrected chi connectivity index (χ4v) is 5.04. The number of nitrogens with zero attached hydrogens (tertiary/aromatic N) is 3. The molecule has 3 aromatic heterocycles. The Labute approximate surface area is 171 Å². The van der Waals surface area contributed by atoms with Crippen molar-refractivity contribution in [2.75, 3.05) is 7.11 Å². The van der Waals surface area contributed by atoms with Crippen molar-refractivity contribution in [1.82, 2.24) is 19.5 Å².